The molecule has 0 fully saturated rings. The van der Waals surface area contributed by atoms with Crippen molar-refractivity contribution in [3.05, 3.63) is 65.5 Å². The van der Waals surface area contributed by atoms with Gasteiger partial charge in [-0.15, -0.1) is 11.6 Å². The summed E-state index contributed by atoms with van der Waals surface area (Å²) in [6, 6.07) is 12.3. The van der Waals surface area contributed by atoms with E-state index in [1.165, 1.54) is 11.1 Å². The average molecular weight is 232 g/mol. The Morgan fingerprint density at radius 2 is 1.81 bits per heavy atom. The molecule has 2 heteroatoms. The average Bonchev–Trinajstić information content (AvgIpc) is 2.33. The third kappa shape index (κ3) is 2.61. The van der Waals surface area contributed by atoms with Gasteiger partial charge in [-0.2, -0.15) is 0 Å². The van der Waals surface area contributed by atoms with E-state index in [9.17, 15) is 0 Å². The van der Waals surface area contributed by atoms with E-state index in [2.05, 4.69) is 36.2 Å². The van der Waals surface area contributed by atoms with E-state index in [0.717, 1.165) is 12.0 Å². The van der Waals surface area contributed by atoms with Gasteiger partial charge in [0.2, 0.25) is 0 Å². The van der Waals surface area contributed by atoms with Crippen molar-refractivity contribution in [3.63, 3.8) is 0 Å². The number of alkyl halides is 1. The first-order chi connectivity index (χ1) is 7.77. The fraction of sp³-hybridized carbons (Fsp3) is 0.214. The maximum absolute atomic E-state index is 6.38. The van der Waals surface area contributed by atoms with Crippen molar-refractivity contribution in [2.45, 2.75) is 18.7 Å². The fourth-order valence-corrected chi connectivity index (χ4v) is 2.03. The van der Waals surface area contributed by atoms with Crippen molar-refractivity contribution < 1.29 is 0 Å². The van der Waals surface area contributed by atoms with Crippen LogP contribution in [0.2, 0.25) is 0 Å². The van der Waals surface area contributed by atoms with Crippen LogP contribution in [0, 0.1) is 6.92 Å². The zero-order valence-corrected chi connectivity index (χ0v) is 9.98. The van der Waals surface area contributed by atoms with Crippen molar-refractivity contribution in [2.24, 2.45) is 0 Å². The zero-order valence-electron chi connectivity index (χ0n) is 9.23. The van der Waals surface area contributed by atoms with Gasteiger partial charge in [-0.3, -0.25) is 4.98 Å². The summed E-state index contributed by atoms with van der Waals surface area (Å²) in [5, 5.41) is 0.0177. The number of hydrogen-bond acceptors (Lipinski definition) is 1. The van der Waals surface area contributed by atoms with Gasteiger partial charge in [0.1, 0.15) is 0 Å². The molecule has 0 aliphatic rings. The van der Waals surface area contributed by atoms with E-state index in [-0.39, 0.29) is 5.38 Å². The Balaban J connectivity index is 2.14. The Labute approximate surface area is 101 Å². The molecule has 0 spiro atoms. The summed E-state index contributed by atoms with van der Waals surface area (Å²) >= 11 is 6.38. The summed E-state index contributed by atoms with van der Waals surface area (Å²) in [5.41, 5.74) is 3.72. The molecule has 82 valence electrons. The highest BCUT2D eigenvalue weighted by molar-refractivity contribution is 6.20. The lowest BCUT2D eigenvalue weighted by molar-refractivity contribution is 0.907. The van der Waals surface area contributed by atoms with E-state index in [0.29, 0.717) is 0 Å². The highest BCUT2D eigenvalue weighted by Crippen LogP contribution is 2.25. The minimum atomic E-state index is 0.0177. The van der Waals surface area contributed by atoms with Crippen LogP contribution < -0.4 is 0 Å². The molecule has 1 nitrogen and oxygen atoms in total. The van der Waals surface area contributed by atoms with Gasteiger partial charge in [0.25, 0.3) is 0 Å². The minimum absolute atomic E-state index is 0.0177. The van der Waals surface area contributed by atoms with Crippen molar-refractivity contribution in [1.82, 2.24) is 4.98 Å². The maximum Gasteiger partial charge on any atom is 0.0626 e. The second-order valence-electron chi connectivity index (χ2n) is 3.88. The first-order valence-corrected chi connectivity index (χ1v) is 5.79. The highest BCUT2D eigenvalue weighted by atomic mass is 35.5. The lowest BCUT2D eigenvalue weighted by Crippen LogP contribution is -1.97. The van der Waals surface area contributed by atoms with Crippen molar-refractivity contribution in [2.75, 3.05) is 0 Å². The first kappa shape index (κ1) is 11.2. The molecule has 0 aliphatic carbocycles. The number of pyridine rings is 1. The zero-order chi connectivity index (χ0) is 11.4. The number of benzene rings is 1. The van der Waals surface area contributed by atoms with Gasteiger partial charge in [-0.25, -0.2) is 0 Å². The highest BCUT2D eigenvalue weighted by Gasteiger charge is 2.09. The van der Waals surface area contributed by atoms with Crippen LogP contribution in [0.1, 0.15) is 22.1 Å². The smallest absolute Gasteiger partial charge is 0.0626 e. The van der Waals surface area contributed by atoms with E-state index >= 15 is 0 Å². The Hall–Kier alpha value is -1.34. The molecule has 0 saturated heterocycles. The summed E-state index contributed by atoms with van der Waals surface area (Å²) < 4.78 is 0. The van der Waals surface area contributed by atoms with Crippen LogP contribution in [0.3, 0.4) is 0 Å². The van der Waals surface area contributed by atoms with Crippen LogP contribution in [-0.2, 0) is 6.42 Å². The molecule has 0 amide bonds. The van der Waals surface area contributed by atoms with E-state index < -0.39 is 0 Å². The maximum atomic E-state index is 6.38. The molecular formula is C14H14ClN. The van der Waals surface area contributed by atoms with Gasteiger partial charge < -0.3 is 0 Å². The predicted octanol–water partition coefficient (Wildman–Crippen LogP) is 3.91. The summed E-state index contributed by atoms with van der Waals surface area (Å²) in [6.07, 6.45) is 4.42. The van der Waals surface area contributed by atoms with Crippen molar-refractivity contribution >= 4 is 11.6 Å². The summed E-state index contributed by atoms with van der Waals surface area (Å²) in [5.74, 6) is 0. The number of rotatable bonds is 3. The SMILES string of the molecule is Cc1ccccc1CC(Cl)c1ccncc1. The largest absolute Gasteiger partial charge is 0.265 e. The molecule has 1 atom stereocenters. The number of nitrogens with zero attached hydrogens (tertiary/aromatic N) is 1. The Kier molecular flexibility index (Phi) is 3.58. The van der Waals surface area contributed by atoms with Crippen molar-refractivity contribution in [1.29, 1.82) is 0 Å². The van der Waals surface area contributed by atoms with Gasteiger partial charge in [0.15, 0.2) is 0 Å². The first-order valence-electron chi connectivity index (χ1n) is 5.36. The molecule has 0 bridgehead atoms. The molecule has 0 radical (unpaired) electrons. The minimum Gasteiger partial charge on any atom is -0.265 e. The quantitative estimate of drug-likeness (QED) is 0.730. The van der Waals surface area contributed by atoms with E-state index in [1.807, 2.05) is 12.1 Å². The molecule has 16 heavy (non-hydrogen) atoms. The molecule has 0 saturated carbocycles. The van der Waals surface area contributed by atoms with E-state index in [4.69, 9.17) is 11.6 Å². The molecular weight excluding hydrogens is 218 g/mol. The number of aryl methyl sites for hydroxylation is 1. The Morgan fingerprint density at radius 3 is 2.50 bits per heavy atom. The number of aromatic nitrogens is 1. The summed E-state index contributed by atoms with van der Waals surface area (Å²) in [6.45, 7) is 2.12. The second kappa shape index (κ2) is 5.13. The van der Waals surface area contributed by atoms with Gasteiger partial charge in [-0.1, -0.05) is 24.3 Å². The normalized spacial score (nSPS) is 12.4. The molecule has 0 aliphatic heterocycles. The topological polar surface area (TPSA) is 12.9 Å². The number of halogens is 1. The second-order valence-corrected chi connectivity index (χ2v) is 4.41. The van der Waals surface area contributed by atoms with E-state index in [1.54, 1.807) is 12.4 Å². The molecule has 1 heterocycles. The standard InChI is InChI=1S/C14H14ClN/c1-11-4-2-3-5-13(11)10-14(15)12-6-8-16-9-7-12/h2-9,14H,10H2,1H3. The molecule has 1 aromatic carbocycles. The lowest BCUT2D eigenvalue weighted by Gasteiger charge is -2.11. The van der Waals surface area contributed by atoms with Crippen LogP contribution in [0.4, 0.5) is 0 Å². The predicted molar refractivity (Wildman–Crippen MR) is 67.7 cm³/mol. The lowest BCUT2D eigenvalue weighted by atomic mass is 10.0. The van der Waals surface area contributed by atoms with Crippen LogP contribution in [0.5, 0.6) is 0 Å². The third-order valence-corrected chi connectivity index (χ3v) is 3.13. The van der Waals surface area contributed by atoms with Gasteiger partial charge in [0.05, 0.1) is 5.38 Å². The van der Waals surface area contributed by atoms with Crippen LogP contribution >= 0.6 is 11.6 Å². The van der Waals surface area contributed by atoms with Crippen LogP contribution in [0.15, 0.2) is 48.8 Å². The summed E-state index contributed by atoms with van der Waals surface area (Å²) in [7, 11) is 0. The number of hydrogen-bond donors (Lipinski definition) is 0. The van der Waals surface area contributed by atoms with Crippen LogP contribution in [-0.4, -0.2) is 4.98 Å². The Bertz CT molecular complexity index is 453. The molecule has 1 aromatic heterocycles. The summed E-state index contributed by atoms with van der Waals surface area (Å²) in [4.78, 5) is 3.99. The van der Waals surface area contributed by atoms with Crippen molar-refractivity contribution in [3.8, 4) is 0 Å². The van der Waals surface area contributed by atoms with Crippen LogP contribution in [0.25, 0.3) is 0 Å². The Morgan fingerprint density at radius 1 is 1.12 bits per heavy atom. The molecule has 2 aromatic rings. The van der Waals surface area contributed by atoms with Gasteiger partial charge >= 0.3 is 0 Å². The third-order valence-electron chi connectivity index (χ3n) is 2.73. The monoisotopic (exact) mass is 231 g/mol. The van der Waals surface area contributed by atoms with Gasteiger partial charge in [-0.05, 0) is 42.2 Å². The molecule has 2 rings (SSSR count). The molecule has 1 unspecified atom stereocenters. The fourth-order valence-electron chi connectivity index (χ4n) is 1.72. The molecule has 0 N–H and O–H groups in total. The van der Waals surface area contributed by atoms with Gasteiger partial charge in [0, 0.05) is 12.4 Å².